The minimum absolute atomic E-state index is 0.328. The third-order valence-corrected chi connectivity index (χ3v) is 5.62. The van der Waals surface area contributed by atoms with Gasteiger partial charge in [-0.2, -0.15) is 0 Å². The van der Waals surface area contributed by atoms with Crippen LogP contribution >= 0.6 is 39.1 Å². The lowest BCUT2D eigenvalue weighted by Gasteiger charge is -2.16. The Labute approximate surface area is 190 Å². The van der Waals surface area contributed by atoms with Crippen LogP contribution in [0, 0.1) is 0 Å². The lowest BCUT2D eigenvalue weighted by atomic mass is 10.1. The Balaban J connectivity index is 1.69. The van der Waals surface area contributed by atoms with E-state index < -0.39 is 0 Å². The molecule has 0 spiro atoms. The molecule has 0 aromatic heterocycles. The quantitative estimate of drug-likeness (QED) is 0.346. The number of hydrogen-bond acceptors (Lipinski definition) is 3. The van der Waals surface area contributed by atoms with Crippen molar-refractivity contribution >= 4 is 39.1 Å². The lowest BCUT2D eigenvalue weighted by Crippen LogP contribution is -2.13. The van der Waals surface area contributed by atoms with Crippen LogP contribution in [0.25, 0.3) is 0 Å². The topological polar surface area (TPSA) is 30.5 Å². The summed E-state index contributed by atoms with van der Waals surface area (Å²) in [6.07, 6.45) is 0. The maximum atomic E-state index is 6.25. The molecule has 3 aromatic rings. The summed E-state index contributed by atoms with van der Waals surface area (Å²) in [5.74, 6) is 1.37. The molecule has 0 aliphatic heterocycles. The highest BCUT2D eigenvalue weighted by atomic mass is 79.9. The van der Waals surface area contributed by atoms with Crippen molar-refractivity contribution in [3.8, 4) is 11.5 Å². The third-order valence-electron chi connectivity index (χ3n) is 4.30. The predicted octanol–water partition coefficient (Wildman–Crippen LogP) is 7.02. The molecule has 0 unspecified atom stereocenters. The van der Waals surface area contributed by atoms with Crippen molar-refractivity contribution in [2.45, 2.75) is 26.6 Å². The average Bonchev–Trinajstić information content (AvgIpc) is 2.71. The number of ether oxygens (including phenoxy) is 2. The fourth-order valence-electron chi connectivity index (χ4n) is 2.83. The van der Waals surface area contributed by atoms with Crippen LogP contribution in [0.3, 0.4) is 0 Å². The van der Waals surface area contributed by atoms with E-state index in [9.17, 15) is 0 Å². The molecule has 0 aliphatic carbocycles. The molecule has 3 rings (SSSR count). The molecule has 0 bridgehead atoms. The van der Waals surface area contributed by atoms with Gasteiger partial charge in [-0.1, -0.05) is 75.5 Å². The van der Waals surface area contributed by atoms with E-state index in [4.69, 9.17) is 32.7 Å². The van der Waals surface area contributed by atoms with E-state index in [0.29, 0.717) is 41.3 Å². The van der Waals surface area contributed by atoms with Gasteiger partial charge < -0.3 is 14.8 Å². The molecule has 0 fully saturated rings. The summed E-state index contributed by atoms with van der Waals surface area (Å²) in [5.41, 5.74) is 3.21. The van der Waals surface area contributed by atoms with Gasteiger partial charge in [-0.25, -0.2) is 0 Å². The van der Waals surface area contributed by atoms with Crippen LogP contribution in [0.2, 0.25) is 10.0 Å². The molecule has 0 saturated heterocycles. The summed E-state index contributed by atoms with van der Waals surface area (Å²) in [7, 11) is 0. The number of benzene rings is 3. The summed E-state index contributed by atoms with van der Waals surface area (Å²) < 4.78 is 12.8. The van der Waals surface area contributed by atoms with Gasteiger partial charge in [0.15, 0.2) is 11.5 Å². The van der Waals surface area contributed by atoms with Crippen LogP contribution in [0.15, 0.2) is 65.1 Å². The Morgan fingerprint density at radius 2 is 1.62 bits per heavy atom. The number of nitrogens with one attached hydrogen (secondary N) is 1. The minimum Gasteiger partial charge on any atom is -0.490 e. The van der Waals surface area contributed by atoms with Gasteiger partial charge in [0.05, 0.1) is 6.61 Å². The second-order valence-corrected chi connectivity index (χ2v) is 8.13. The lowest BCUT2D eigenvalue weighted by molar-refractivity contribution is 0.269. The molecule has 0 atom stereocenters. The van der Waals surface area contributed by atoms with Crippen molar-refractivity contribution in [3.05, 3.63) is 91.9 Å². The van der Waals surface area contributed by atoms with Crippen molar-refractivity contribution in [2.24, 2.45) is 0 Å². The van der Waals surface area contributed by atoms with Crippen LogP contribution in [0.5, 0.6) is 11.5 Å². The van der Waals surface area contributed by atoms with Crippen LogP contribution in [-0.4, -0.2) is 6.61 Å². The van der Waals surface area contributed by atoms with Crippen molar-refractivity contribution in [2.75, 3.05) is 6.61 Å². The summed E-state index contributed by atoms with van der Waals surface area (Å²) >= 11 is 15.9. The molecule has 3 aromatic carbocycles. The van der Waals surface area contributed by atoms with E-state index in [1.165, 1.54) is 5.56 Å². The molecular weight excluding hydrogens is 473 g/mol. The molecule has 0 aliphatic rings. The summed E-state index contributed by atoms with van der Waals surface area (Å²) in [5, 5.41) is 4.64. The fourth-order valence-corrected chi connectivity index (χ4v) is 3.75. The van der Waals surface area contributed by atoms with Gasteiger partial charge in [0.25, 0.3) is 0 Å². The highest BCUT2D eigenvalue weighted by molar-refractivity contribution is 9.10. The molecule has 0 amide bonds. The third kappa shape index (κ3) is 6.38. The van der Waals surface area contributed by atoms with Crippen LogP contribution in [-0.2, 0) is 19.7 Å². The molecule has 0 heterocycles. The van der Waals surface area contributed by atoms with Crippen molar-refractivity contribution < 1.29 is 9.47 Å². The molecule has 0 saturated carbocycles. The van der Waals surface area contributed by atoms with E-state index in [1.54, 1.807) is 12.1 Å². The van der Waals surface area contributed by atoms with E-state index in [0.717, 1.165) is 22.1 Å². The first-order valence-corrected chi connectivity index (χ1v) is 10.9. The van der Waals surface area contributed by atoms with Gasteiger partial charge in [0.1, 0.15) is 6.61 Å². The predicted molar refractivity (Wildman–Crippen MR) is 123 cm³/mol. The first-order chi connectivity index (χ1) is 14.1. The summed E-state index contributed by atoms with van der Waals surface area (Å²) in [6.45, 7) is 4.34. The fraction of sp³-hybridized carbons (Fsp3) is 0.217. The zero-order valence-electron chi connectivity index (χ0n) is 16.1. The van der Waals surface area contributed by atoms with Crippen LogP contribution in [0.4, 0.5) is 0 Å². The molecule has 1 N–H and O–H groups in total. The molecule has 3 nitrogen and oxygen atoms in total. The molecule has 6 heteroatoms. The molecule has 29 heavy (non-hydrogen) atoms. The second kappa shape index (κ2) is 10.9. The zero-order chi connectivity index (χ0) is 20.6. The van der Waals surface area contributed by atoms with Crippen molar-refractivity contribution in [1.29, 1.82) is 0 Å². The minimum atomic E-state index is 0.328. The number of rotatable bonds is 9. The first-order valence-electron chi connectivity index (χ1n) is 9.33. The maximum Gasteiger partial charge on any atom is 0.162 e. The number of halogens is 3. The Kier molecular flexibility index (Phi) is 8.25. The highest BCUT2D eigenvalue weighted by Crippen LogP contribution is 2.35. The Morgan fingerprint density at radius 1 is 0.862 bits per heavy atom. The first kappa shape index (κ1) is 22.0. The molecule has 152 valence electrons. The molecular formula is C23H22BrCl2NO2. The Bertz CT molecular complexity index is 951. The van der Waals surface area contributed by atoms with Gasteiger partial charge in [-0.05, 0) is 42.3 Å². The largest absolute Gasteiger partial charge is 0.490 e. The smallest absolute Gasteiger partial charge is 0.162 e. The van der Waals surface area contributed by atoms with Crippen molar-refractivity contribution in [3.63, 3.8) is 0 Å². The second-order valence-electron chi connectivity index (χ2n) is 6.44. The molecule has 0 radical (unpaired) electrons. The van der Waals surface area contributed by atoms with Gasteiger partial charge in [-0.15, -0.1) is 0 Å². The summed E-state index contributed by atoms with van der Waals surface area (Å²) in [4.78, 5) is 0. The normalized spacial score (nSPS) is 10.8. The monoisotopic (exact) mass is 493 g/mol. The van der Waals surface area contributed by atoms with Crippen molar-refractivity contribution in [1.82, 2.24) is 5.32 Å². The summed E-state index contributed by atoms with van der Waals surface area (Å²) in [6, 6.07) is 19.6. The zero-order valence-corrected chi connectivity index (χ0v) is 19.2. The number of hydrogen-bond donors (Lipinski definition) is 1. The van der Waals surface area contributed by atoms with Gasteiger partial charge in [0.2, 0.25) is 0 Å². The average molecular weight is 495 g/mol. The van der Waals surface area contributed by atoms with E-state index >= 15 is 0 Å². The van der Waals surface area contributed by atoms with Gasteiger partial charge >= 0.3 is 0 Å². The van der Waals surface area contributed by atoms with E-state index in [2.05, 4.69) is 33.4 Å². The van der Waals surface area contributed by atoms with Crippen LogP contribution < -0.4 is 14.8 Å². The Hall–Kier alpha value is -1.72. The highest BCUT2D eigenvalue weighted by Gasteiger charge is 2.12. The Morgan fingerprint density at radius 3 is 2.34 bits per heavy atom. The standard InChI is InChI=1S/C23H22BrCl2NO2/c1-2-28-22-10-18(14-27-13-16-6-4-3-5-7-16)20(24)12-23(22)29-15-17-8-9-19(25)11-21(17)26/h3-12,27H,2,13-15H2,1H3. The van der Waals surface area contributed by atoms with E-state index in [1.807, 2.05) is 43.3 Å². The van der Waals surface area contributed by atoms with E-state index in [-0.39, 0.29) is 0 Å². The maximum absolute atomic E-state index is 6.25. The SMILES string of the molecule is CCOc1cc(CNCc2ccccc2)c(Br)cc1OCc1ccc(Cl)cc1Cl. The van der Waals surface area contributed by atoms with Gasteiger partial charge in [0, 0.05) is 33.2 Å². The van der Waals surface area contributed by atoms with Crippen LogP contribution in [0.1, 0.15) is 23.6 Å². The van der Waals surface area contributed by atoms with Gasteiger partial charge in [-0.3, -0.25) is 0 Å².